The molecule has 1 aliphatic rings. The molecule has 2 amide bonds. The molecule has 7 nitrogen and oxygen atoms in total. The summed E-state index contributed by atoms with van der Waals surface area (Å²) in [5.41, 5.74) is 1.69. The molecule has 0 aliphatic carbocycles. The number of nitrogens with one attached hydrogen (secondary N) is 1. The Bertz CT molecular complexity index is 874. The van der Waals surface area contributed by atoms with Crippen molar-refractivity contribution in [3.05, 3.63) is 42.0 Å². The average molecular weight is 384 g/mol. The Morgan fingerprint density at radius 1 is 1.14 bits per heavy atom. The van der Waals surface area contributed by atoms with Gasteiger partial charge in [-0.05, 0) is 37.6 Å². The number of amides is 2. The van der Waals surface area contributed by atoms with Crippen LogP contribution in [0.25, 0.3) is 0 Å². The molecule has 7 heteroatoms. The zero-order valence-electron chi connectivity index (χ0n) is 16.4. The maximum Gasteiger partial charge on any atom is 0.267 e. The lowest BCUT2D eigenvalue weighted by molar-refractivity contribution is -0.125. The monoisotopic (exact) mass is 384 g/mol. The number of carbonyl (C=O) groups excluding carboxylic acids is 2. The molecule has 2 aromatic rings. The minimum absolute atomic E-state index is 0.0605. The number of rotatable bonds is 6. The minimum atomic E-state index is -0.562. The summed E-state index contributed by atoms with van der Waals surface area (Å²) in [7, 11) is 3.06. The number of nitrogens with zero attached hydrogens (tertiary/aromatic N) is 1. The molecule has 0 spiro atoms. The predicted molar refractivity (Wildman–Crippen MR) is 107 cm³/mol. The predicted octanol–water partition coefficient (Wildman–Crippen LogP) is 3.48. The molecule has 0 saturated carbocycles. The smallest absolute Gasteiger partial charge is 0.267 e. The topological polar surface area (TPSA) is 77.1 Å². The van der Waals surface area contributed by atoms with Gasteiger partial charge in [-0.2, -0.15) is 0 Å². The van der Waals surface area contributed by atoms with E-state index in [-0.39, 0.29) is 11.8 Å². The molecule has 0 bridgehead atoms. The molecule has 1 atom stereocenters. The Morgan fingerprint density at radius 3 is 2.43 bits per heavy atom. The van der Waals surface area contributed by atoms with Gasteiger partial charge in [-0.25, -0.2) is 0 Å². The molecule has 1 N–H and O–H groups in total. The third-order valence-corrected chi connectivity index (χ3v) is 4.49. The molecule has 3 rings (SSSR count). The number of hydrogen-bond acceptors (Lipinski definition) is 5. The second-order valence-corrected chi connectivity index (χ2v) is 6.49. The van der Waals surface area contributed by atoms with Gasteiger partial charge in [-0.3, -0.25) is 9.59 Å². The molecule has 0 saturated heterocycles. The van der Waals surface area contributed by atoms with E-state index in [9.17, 15) is 9.59 Å². The molecule has 1 heterocycles. The number of carbonyl (C=O) groups is 2. The second kappa shape index (κ2) is 8.21. The van der Waals surface area contributed by atoms with E-state index in [1.54, 1.807) is 48.2 Å². The van der Waals surface area contributed by atoms with Crippen molar-refractivity contribution in [2.75, 3.05) is 31.0 Å². The molecule has 0 fully saturated rings. The summed E-state index contributed by atoms with van der Waals surface area (Å²) in [4.78, 5) is 26.8. The number of ether oxygens (including phenoxy) is 3. The molecule has 0 aromatic heterocycles. The van der Waals surface area contributed by atoms with E-state index in [0.717, 1.165) is 6.42 Å². The van der Waals surface area contributed by atoms with Crippen molar-refractivity contribution in [1.82, 2.24) is 0 Å². The summed E-state index contributed by atoms with van der Waals surface area (Å²) in [5.74, 6) is 1.26. The van der Waals surface area contributed by atoms with Crippen molar-refractivity contribution in [1.29, 1.82) is 0 Å². The molecule has 2 aromatic carbocycles. The van der Waals surface area contributed by atoms with Crippen molar-refractivity contribution in [3.63, 3.8) is 0 Å². The van der Waals surface area contributed by atoms with Crippen LogP contribution in [0.15, 0.2) is 36.4 Å². The average Bonchev–Trinajstić information content (AvgIpc) is 2.70. The van der Waals surface area contributed by atoms with Gasteiger partial charge < -0.3 is 24.4 Å². The minimum Gasteiger partial charge on any atom is -0.497 e. The fraction of sp³-hybridized carbons (Fsp3) is 0.333. The molecule has 1 unspecified atom stereocenters. The Balaban J connectivity index is 1.85. The molecule has 148 valence electrons. The summed E-state index contributed by atoms with van der Waals surface area (Å²) in [5, 5.41) is 2.85. The zero-order chi connectivity index (χ0) is 20.3. The summed E-state index contributed by atoms with van der Waals surface area (Å²) < 4.78 is 16.2. The van der Waals surface area contributed by atoms with Gasteiger partial charge in [-0.15, -0.1) is 0 Å². The van der Waals surface area contributed by atoms with Crippen molar-refractivity contribution in [2.45, 2.75) is 26.4 Å². The Kier molecular flexibility index (Phi) is 5.73. The van der Waals surface area contributed by atoms with E-state index < -0.39 is 6.10 Å². The van der Waals surface area contributed by atoms with Gasteiger partial charge in [0.15, 0.2) is 6.10 Å². The van der Waals surface area contributed by atoms with E-state index in [1.165, 1.54) is 14.2 Å². The molecular weight excluding hydrogens is 360 g/mol. The first-order chi connectivity index (χ1) is 13.5. The summed E-state index contributed by atoms with van der Waals surface area (Å²) in [6.07, 6.45) is 0.279. The highest BCUT2D eigenvalue weighted by Crippen LogP contribution is 2.36. The van der Waals surface area contributed by atoms with Crippen LogP contribution in [-0.2, 0) is 4.79 Å². The highest BCUT2D eigenvalue weighted by Gasteiger charge is 2.31. The summed E-state index contributed by atoms with van der Waals surface area (Å²) in [6, 6.07) is 10.2. The van der Waals surface area contributed by atoms with E-state index in [4.69, 9.17) is 14.2 Å². The Labute approximate surface area is 164 Å². The summed E-state index contributed by atoms with van der Waals surface area (Å²) in [6.45, 7) is 4.36. The van der Waals surface area contributed by atoms with Crippen molar-refractivity contribution in [3.8, 4) is 17.2 Å². The van der Waals surface area contributed by atoms with Crippen LogP contribution < -0.4 is 24.4 Å². The van der Waals surface area contributed by atoms with E-state index in [1.807, 2.05) is 6.92 Å². The van der Waals surface area contributed by atoms with E-state index in [2.05, 4.69) is 5.32 Å². The number of anilines is 2. The fourth-order valence-electron chi connectivity index (χ4n) is 3.08. The van der Waals surface area contributed by atoms with Gasteiger partial charge in [0.1, 0.15) is 17.2 Å². The lowest BCUT2D eigenvalue weighted by Gasteiger charge is -2.33. The SMILES string of the molecule is CCCN1C(=O)C(C)Oc2cc(NC(=O)c3cc(OC)cc(OC)c3)ccc21. The van der Waals surface area contributed by atoms with Crippen molar-refractivity contribution in [2.24, 2.45) is 0 Å². The van der Waals surface area contributed by atoms with Crippen molar-refractivity contribution >= 4 is 23.2 Å². The first kappa shape index (κ1) is 19.5. The van der Waals surface area contributed by atoms with E-state index >= 15 is 0 Å². The second-order valence-electron chi connectivity index (χ2n) is 6.49. The highest BCUT2D eigenvalue weighted by atomic mass is 16.5. The zero-order valence-corrected chi connectivity index (χ0v) is 16.4. The molecular formula is C21H24N2O5. The maximum atomic E-state index is 12.7. The number of benzene rings is 2. The Hall–Kier alpha value is -3.22. The lowest BCUT2D eigenvalue weighted by atomic mass is 10.1. The molecule has 0 radical (unpaired) electrons. The third kappa shape index (κ3) is 3.88. The van der Waals surface area contributed by atoms with Crippen LogP contribution in [0, 0.1) is 0 Å². The lowest BCUT2D eigenvalue weighted by Crippen LogP contribution is -2.44. The van der Waals surface area contributed by atoms with E-state index in [0.29, 0.717) is 40.7 Å². The molecule has 28 heavy (non-hydrogen) atoms. The van der Waals surface area contributed by atoms with Gasteiger partial charge in [0.25, 0.3) is 11.8 Å². The van der Waals surface area contributed by atoms with Crippen molar-refractivity contribution < 1.29 is 23.8 Å². The van der Waals surface area contributed by atoms with Gasteiger partial charge >= 0.3 is 0 Å². The normalized spacial score (nSPS) is 15.5. The fourth-order valence-corrected chi connectivity index (χ4v) is 3.08. The first-order valence-electron chi connectivity index (χ1n) is 9.13. The summed E-state index contributed by atoms with van der Waals surface area (Å²) >= 11 is 0. The first-order valence-corrected chi connectivity index (χ1v) is 9.13. The largest absolute Gasteiger partial charge is 0.497 e. The highest BCUT2D eigenvalue weighted by molar-refractivity contribution is 6.05. The number of methoxy groups -OCH3 is 2. The van der Waals surface area contributed by atoms with Crippen LogP contribution in [0.3, 0.4) is 0 Å². The molecule has 1 aliphatic heterocycles. The standard InChI is InChI=1S/C21H24N2O5/c1-5-8-23-18-7-6-15(11-19(18)28-13(2)21(23)25)22-20(24)14-9-16(26-3)12-17(10-14)27-4/h6-7,9-13H,5,8H2,1-4H3,(H,22,24). The van der Waals surface area contributed by atoms with Crippen LogP contribution in [0.5, 0.6) is 17.2 Å². The number of fused-ring (bicyclic) bond motifs is 1. The van der Waals surface area contributed by atoms with Gasteiger partial charge in [0.2, 0.25) is 0 Å². The van der Waals surface area contributed by atoms with Crippen LogP contribution in [0.4, 0.5) is 11.4 Å². The number of hydrogen-bond donors (Lipinski definition) is 1. The quantitative estimate of drug-likeness (QED) is 0.825. The maximum absolute atomic E-state index is 12.7. The third-order valence-electron chi connectivity index (χ3n) is 4.49. The van der Waals surface area contributed by atoms with Crippen LogP contribution in [0.1, 0.15) is 30.6 Å². The van der Waals surface area contributed by atoms with Gasteiger partial charge in [0.05, 0.1) is 19.9 Å². The Morgan fingerprint density at radius 2 is 1.82 bits per heavy atom. The van der Waals surface area contributed by atoms with Gasteiger partial charge in [0, 0.05) is 29.9 Å². The van der Waals surface area contributed by atoms with Gasteiger partial charge in [-0.1, -0.05) is 6.92 Å². The van der Waals surface area contributed by atoms with Crippen LogP contribution in [0.2, 0.25) is 0 Å². The van der Waals surface area contributed by atoms with Crippen LogP contribution in [-0.4, -0.2) is 38.7 Å². The van der Waals surface area contributed by atoms with Crippen LogP contribution >= 0.6 is 0 Å².